The van der Waals surface area contributed by atoms with Crippen molar-refractivity contribution in [2.45, 2.75) is 114 Å². The third kappa shape index (κ3) is 4.47. The van der Waals surface area contributed by atoms with Crippen LogP contribution < -0.4 is 4.90 Å². The number of para-hydroxylation sites is 1. The van der Waals surface area contributed by atoms with E-state index in [2.05, 4.69) is 4.90 Å². The van der Waals surface area contributed by atoms with Crippen molar-refractivity contribution in [1.82, 2.24) is 9.80 Å². The van der Waals surface area contributed by atoms with Gasteiger partial charge in [-0.3, -0.25) is 9.80 Å². The van der Waals surface area contributed by atoms with Crippen LogP contribution in [0.25, 0.3) is 0 Å². The number of anilines is 1. The van der Waals surface area contributed by atoms with Gasteiger partial charge in [0.1, 0.15) is 6.04 Å². The Labute approximate surface area is 209 Å². The summed E-state index contributed by atoms with van der Waals surface area (Å²) in [7, 11) is 0. The Morgan fingerprint density at radius 2 is 1.43 bits per heavy atom. The van der Waals surface area contributed by atoms with Crippen molar-refractivity contribution < 1.29 is 14.7 Å². The molecule has 1 aromatic carbocycles. The number of likely N-dealkylation sites (tertiary alicyclic amines) is 1. The lowest BCUT2D eigenvalue weighted by molar-refractivity contribution is -0.141. The Bertz CT molecular complexity index is 897. The molecule has 35 heavy (non-hydrogen) atoms. The van der Waals surface area contributed by atoms with Gasteiger partial charge in [-0.2, -0.15) is 0 Å². The van der Waals surface area contributed by atoms with E-state index >= 15 is 0 Å². The smallest absolute Gasteiger partial charge is 0.326 e. The molecule has 2 saturated carbocycles. The second kappa shape index (κ2) is 9.76. The van der Waals surface area contributed by atoms with Crippen LogP contribution in [-0.4, -0.2) is 63.7 Å². The average molecular weight is 480 g/mol. The van der Waals surface area contributed by atoms with Crippen molar-refractivity contribution in [2.75, 3.05) is 11.4 Å². The third-order valence-electron chi connectivity index (χ3n) is 9.92. The van der Waals surface area contributed by atoms with Crippen LogP contribution in [0.15, 0.2) is 30.3 Å². The minimum atomic E-state index is -0.876. The number of urea groups is 1. The number of fused-ring (bicyclic) bond motifs is 4. The van der Waals surface area contributed by atoms with Gasteiger partial charge in [0.2, 0.25) is 0 Å². The fourth-order valence-corrected chi connectivity index (χ4v) is 8.59. The lowest BCUT2D eigenvalue weighted by atomic mass is 9.68. The van der Waals surface area contributed by atoms with E-state index in [1.54, 1.807) is 4.90 Å². The van der Waals surface area contributed by atoms with E-state index in [1.807, 2.05) is 35.2 Å². The van der Waals surface area contributed by atoms with Gasteiger partial charge in [-0.05, 0) is 81.8 Å². The summed E-state index contributed by atoms with van der Waals surface area (Å²) >= 11 is 0. The highest BCUT2D eigenvalue weighted by atomic mass is 16.4. The summed E-state index contributed by atoms with van der Waals surface area (Å²) in [6.07, 6.45) is 15.6. The second-order valence-corrected chi connectivity index (χ2v) is 12.0. The summed E-state index contributed by atoms with van der Waals surface area (Å²) in [5.41, 5.74) is 0.914. The summed E-state index contributed by atoms with van der Waals surface area (Å²) in [4.78, 5) is 32.4. The zero-order valence-electron chi connectivity index (χ0n) is 20.9. The van der Waals surface area contributed by atoms with E-state index < -0.39 is 12.0 Å². The number of nitrogens with zero attached hydrogens (tertiary/aromatic N) is 3. The monoisotopic (exact) mass is 479 g/mol. The van der Waals surface area contributed by atoms with Crippen molar-refractivity contribution in [3.8, 4) is 0 Å². The SMILES string of the molecule is O=C(O)[C@@H]1CCCN1C(=O)N(c1ccccc1)C1C[C@H]2CCC[C@@H](C1)N2C1C[C@H]2CCC[C@@H](C1)C2. The standard InChI is InChI=1S/C29H41N3O3/c33-28(34)27-13-6-14-30(27)29(35)32(22-9-2-1-3-10-22)26-18-23-11-5-12-24(19-26)31(23)25-16-20-7-4-8-21(15-20)17-25/h1-3,9-10,20-21,23-27H,4-8,11-19H2,(H,33,34)/t20-,21+,23-,24+,25?,26?,27-/m0/s1. The molecule has 6 rings (SSSR count). The Morgan fingerprint density at radius 3 is 2.09 bits per heavy atom. The molecule has 2 amide bonds. The number of rotatable bonds is 4. The van der Waals surface area contributed by atoms with Crippen LogP contribution in [0.1, 0.15) is 83.5 Å². The van der Waals surface area contributed by atoms with Crippen molar-refractivity contribution in [2.24, 2.45) is 11.8 Å². The summed E-state index contributed by atoms with van der Waals surface area (Å²) in [5, 5.41) is 9.75. The fraction of sp³-hybridized carbons (Fsp3) is 0.724. The summed E-state index contributed by atoms with van der Waals surface area (Å²) in [6.45, 7) is 0.537. The molecule has 1 N–H and O–H groups in total. The predicted molar refractivity (Wildman–Crippen MR) is 136 cm³/mol. The Hall–Kier alpha value is -2.08. The molecule has 3 saturated heterocycles. The number of amides is 2. The normalized spacial score (nSPS) is 37.1. The quantitative estimate of drug-likeness (QED) is 0.618. The van der Waals surface area contributed by atoms with Crippen LogP contribution in [-0.2, 0) is 4.79 Å². The minimum Gasteiger partial charge on any atom is -0.480 e. The van der Waals surface area contributed by atoms with Crippen LogP contribution in [0.5, 0.6) is 0 Å². The maximum atomic E-state index is 14.0. The predicted octanol–water partition coefficient (Wildman–Crippen LogP) is 5.52. The maximum absolute atomic E-state index is 14.0. The molecule has 5 aliphatic rings. The molecule has 190 valence electrons. The third-order valence-corrected chi connectivity index (χ3v) is 9.92. The highest BCUT2D eigenvalue weighted by Crippen LogP contribution is 2.46. The second-order valence-electron chi connectivity index (χ2n) is 12.0. The number of hydrogen-bond donors (Lipinski definition) is 1. The van der Waals surface area contributed by atoms with Crippen LogP contribution in [0, 0.1) is 11.8 Å². The van der Waals surface area contributed by atoms with Gasteiger partial charge in [-0.1, -0.05) is 43.9 Å². The van der Waals surface area contributed by atoms with Gasteiger partial charge in [0.25, 0.3) is 0 Å². The molecule has 1 aromatic rings. The topological polar surface area (TPSA) is 64.1 Å². The van der Waals surface area contributed by atoms with Gasteiger partial charge >= 0.3 is 12.0 Å². The number of carbonyl (C=O) groups is 2. The molecule has 6 heteroatoms. The van der Waals surface area contributed by atoms with Gasteiger partial charge in [0, 0.05) is 36.4 Å². The molecule has 3 aliphatic heterocycles. The van der Waals surface area contributed by atoms with E-state index in [9.17, 15) is 14.7 Å². The lowest BCUT2D eigenvalue weighted by Gasteiger charge is -2.56. The van der Waals surface area contributed by atoms with Crippen LogP contribution in [0.4, 0.5) is 10.5 Å². The number of carboxylic acid groups (broad SMARTS) is 1. The zero-order chi connectivity index (χ0) is 23.9. The number of piperidine rings is 2. The van der Waals surface area contributed by atoms with E-state index in [1.165, 1.54) is 57.8 Å². The minimum absolute atomic E-state index is 0.107. The van der Waals surface area contributed by atoms with E-state index in [0.29, 0.717) is 25.0 Å². The summed E-state index contributed by atoms with van der Waals surface area (Å²) in [5.74, 6) is 0.978. The number of carbonyl (C=O) groups excluding carboxylic acids is 1. The molecule has 0 spiro atoms. The largest absolute Gasteiger partial charge is 0.480 e. The van der Waals surface area contributed by atoms with Crippen molar-refractivity contribution >= 4 is 17.7 Å². The van der Waals surface area contributed by atoms with Gasteiger partial charge in [-0.15, -0.1) is 0 Å². The van der Waals surface area contributed by atoms with Gasteiger partial charge in [0.05, 0.1) is 0 Å². The molecular formula is C29H41N3O3. The molecular weight excluding hydrogens is 438 g/mol. The average Bonchev–Trinajstić information content (AvgIpc) is 3.35. The molecule has 0 aromatic heterocycles. The fourth-order valence-electron chi connectivity index (χ4n) is 8.59. The van der Waals surface area contributed by atoms with Gasteiger partial charge < -0.3 is 10.0 Å². The lowest BCUT2D eigenvalue weighted by Crippen LogP contribution is -2.63. The molecule has 2 aliphatic carbocycles. The highest BCUT2D eigenvalue weighted by molar-refractivity contribution is 5.95. The first-order chi connectivity index (χ1) is 17.1. The van der Waals surface area contributed by atoms with Crippen LogP contribution in [0.3, 0.4) is 0 Å². The Balaban J connectivity index is 1.26. The van der Waals surface area contributed by atoms with Gasteiger partial charge in [-0.25, -0.2) is 9.59 Å². The first-order valence-electron chi connectivity index (χ1n) is 14.2. The molecule has 6 nitrogen and oxygen atoms in total. The highest BCUT2D eigenvalue weighted by Gasteiger charge is 2.48. The maximum Gasteiger partial charge on any atom is 0.326 e. The Morgan fingerprint density at radius 1 is 0.771 bits per heavy atom. The van der Waals surface area contributed by atoms with E-state index in [-0.39, 0.29) is 12.1 Å². The van der Waals surface area contributed by atoms with Crippen molar-refractivity contribution in [1.29, 1.82) is 0 Å². The number of aliphatic carboxylic acids is 1. The Kier molecular flexibility index (Phi) is 6.50. The number of hydrogen-bond acceptors (Lipinski definition) is 3. The molecule has 2 unspecified atom stereocenters. The zero-order valence-corrected chi connectivity index (χ0v) is 20.9. The van der Waals surface area contributed by atoms with Gasteiger partial charge in [0.15, 0.2) is 0 Å². The van der Waals surface area contributed by atoms with Crippen LogP contribution in [0.2, 0.25) is 0 Å². The van der Waals surface area contributed by atoms with E-state index in [4.69, 9.17) is 0 Å². The summed E-state index contributed by atoms with van der Waals surface area (Å²) in [6, 6.07) is 11.2. The molecule has 7 atom stereocenters. The van der Waals surface area contributed by atoms with Crippen molar-refractivity contribution in [3.05, 3.63) is 30.3 Å². The molecule has 0 radical (unpaired) electrons. The first kappa shape index (κ1) is 23.3. The van der Waals surface area contributed by atoms with Crippen LogP contribution >= 0.6 is 0 Å². The molecule has 4 bridgehead atoms. The molecule has 5 fully saturated rings. The van der Waals surface area contributed by atoms with E-state index in [0.717, 1.165) is 42.8 Å². The number of carboxylic acids is 1. The summed E-state index contributed by atoms with van der Waals surface area (Å²) < 4.78 is 0. The number of benzene rings is 1. The first-order valence-corrected chi connectivity index (χ1v) is 14.2. The molecule has 3 heterocycles. The van der Waals surface area contributed by atoms with Crippen molar-refractivity contribution in [3.63, 3.8) is 0 Å².